The number of amides is 1. The number of hydrogen-bond donors (Lipinski definition) is 2. The molecular weight excluding hydrogens is 302 g/mol. The van der Waals surface area contributed by atoms with Crippen LogP contribution in [0.1, 0.15) is 16.1 Å². The maximum absolute atomic E-state index is 12.1. The second-order valence-electron chi connectivity index (χ2n) is 5.28. The van der Waals surface area contributed by atoms with Crippen molar-refractivity contribution in [2.24, 2.45) is 0 Å². The monoisotopic (exact) mass is 319 g/mol. The van der Waals surface area contributed by atoms with Gasteiger partial charge < -0.3 is 19.9 Å². The molecule has 1 amide bonds. The summed E-state index contributed by atoms with van der Waals surface area (Å²) in [5.41, 5.74) is 3.42. The number of hydrogen-bond acceptors (Lipinski definition) is 3. The molecule has 1 fully saturated rings. The van der Waals surface area contributed by atoms with Crippen molar-refractivity contribution in [3.8, 4) is 0 Å². The second-order valence-corrected chi connectivity index (χ2v) is 5.72. The molecule has 3 rings (SSSR count). The average molecular weight is 320 g/mol. The van der Waals surface area contributed by atoms with Gasteiger partial charge in [-0.25, -0.2) is 0 Å². The van der Waals surface area contributed by atoms with Gasteiger partial charge in [0, 0.05) is 30.7 Å². The van der Waals surface area contributed by atoms with Crippen LogP contribution in [0.2, 0.25) is 5.02 Å². The molecule has 1 aliphatic rings. The SMILES string of the molecule is Cc1cc(N2CCOCC2)ccc1NC(=O)c1cc(Cl)c[nH]1. The highest BCUT2D eigenvalue weighted by Crippen LogP contribution is 2.24. The molecule has 0 saturated carbocycles. The summed E-state index contributed by atoms with van der Waals surface area (Å²) in [7, 11) is 0. The Morgan fingerprint density at radius 3 is 2.73 bits per heavy atom. The lowest BCUT2D eigenvalue weighted by atomic mass is 10.1. The molecule has 1 aromatic heterocycles. The maximum Gasteiger partial charge on any atom is 0.272 e. The average Bonchev–Trinajstić information content (AvgIpc) is 2.97. The van der Waals surface area contributed by atoms with Gasteiger partial charge in [-0.05, 0) is 36.8 Å². The topological polar surface area (TPSA) is 57.4 Å². The normalized spacial score (nSPS) is 14.9. The highest BCUT2D eigenvalue weighted by Gasteiger charge is 2.14. The summed E-state index contributed by atoms with van der Waals surface area (Å²) >= 11 is 5.82. The Kier molecular flexibility index (Phi) is 4.36. The van der Waals surface area contributed by atoms with Crippen molar-refractivity contribution in [3.05, 3.63) is 46.7 Å². The number of aryl methyl sites for hydroxylation is 1. The van der Waals surface area contributed by atoms with E-state index in [1.807, 2.05) is 19.1 Å². The van der Waals surface area contributed by atoms with Gasteiger partial charge >= 0.3 is 0 Å². The Labute approximate surface area is 134 Å². The Bertz CT molecular complexity index is 678. The number of halogens is 1. The Morgan fingerprint density at radius 1 is 1.32 bits per heavy atom. The molecule has 2 aromatic rings. The number of rotatable bonds is 3. The van der Waals surface area contributed by atoms with Crippen molar-refractivity contribution in [1.82, 2.24) is 4.98 Å². The van der Waals surface area contributed by atoms with Crippen molar-refractivity contribution < 1.29 is 9.53 Å². The number of carbonyl (C=O) groups is 1. The van der Waals surface area contributed by atoms with Gasteiger partial charge in [0.15, 0.2) is 0 Å². The van der Waals surface area contributed by atoms with Crippen molar-refractivity contribution >= 4 is 28.9 Å². The molecular formula is C16H18ClN3O2. The summed E-state index contributed by atoms with van der Waals surface area (Å²) in [4.78, 5) is 17.3. The minimum absolute atomic E-state index is 0.200. The summed E-state index contributed by atoms with van der Waals surface area (Å²) in [5, 5.41) is 3.42. The van der Waals surface area contributed by atoms with Crippen LogP contribution in [0.3, 0.4) is 0 Å². The smallest absolute Gasteiger partial charge is 0.272 e. The molecule has 0 atom stereocenters. The number of morpholine rings is 1. The summed E-state index contributed by atoms with van der Waals surface area (Å²) in [5.74, 6) is -0.200. The molecule has 2 heterocycles. The minimum Gasteiger partial charge on any atom is -0.378 e. The molecule has 0 bridgehead atoms. The third kappa shape index (κ3) is 3.26. The number of nitrogens with one attached hydrogen (secondary N) is 2. The zero-order chi connectivity index (χ0) is 15.5. The Balaban J connectivity index is 1.73. The zero-order valence-electron chi connectivity index (χ0n) is 12.4. The lowest BCUT2D eigenvalue weighted by Crippen LogP contribution is -2.36. The van der Waals surface area contributed by atoms with Crippen molar-refractivity contribution in [1.29, 1.82) is 0 Å². The van der Waals surface area contributed by atoms with E-state index in [9.17, 15) is 4.79 Å². The lowest BCUT2D eigenvalue weighted by molar-refractivity contribution is 0.102. The van der Waals surface area contributed by atoms with E-state index in [1.54, 1.807) is 12.3 Å². The molecule has 6 heteroatoms. The van der Waals surface area contributed by atoms with E-state index in [0.717, 1.165) is 43.2 Å². The van der Waals surface area contributed by atoms with E-state index >= 15 is 0 Å². The van der Waals surface area contributed by atoms with Gasteiger partial charge in [0.05, 0.1) is 18.2 Å². The van der Waals surface area contributed by atoms with Crippen molar-refractivity contribution in [2.75, 3.05) is 36.5 Å². The van der Waals surface area contributed by atoms with Gasteiger partial charge in [-0.2, -0.15) is 0 Å². The maximum atomic E-state index is 12.1. The van der Waals surface area contributed by atoms with Crippen LogP contribution in [-0.2, 0) is 4.74 Å². The first-order valence-electron chi connectivity index (χ1n) is 7.22. The Hall–Kier alpha value is -1.98. The second kappa shape index (κ2) is 6.42. The van der Waals surface area contributed by atoms with Crippen LogP contribution >= 0.6 is 11.6 Å². The van der Waals surface area contributed by atoms with Crippen molar-refractivity contribution in [3.63, 3.8) is 0 Å². The lowest BCUT2D eigenvalue weighted by Gasteiger charge is -2.29. The molecule has 1 aromatic carbocycles. The van der Waals surface area contributed by atoms with Gasteiger partial charge in [-0.3, -0.25) is 4.79 Å². The van der Waals surface area contributed by atoms with Crippen LogP contribution in [0.5, 0.6) is 0 Å². The summed E-state index contributed by atoms with van der Waals surface area (Å²) < 4.78 is 5.37. The van der Waals surface area contributed by atoms with Crippen LogP contribution < -0.4 is 10.2 Å². The summed E-state index contributed by atoms with van der Waals surface area (Å²) in [6.45, 7) is 5.29. The van der Waals surface area contributed by atoms with E-state index in [-0.39, 0.29) is 5.91 Å². The third-order valence-corrected chi connectivity index (χ3v) is 3.95. The largest absolute Gasteiger partial charge is 0.378 e. The van der Waals surface area contributed by atoms with Gasteiger partial charge in [-0.1, -0.05) is 11.6 Å². The third-order valence-electron chi connectivity index (χ3n) is 3.73. The molecule has 0 spiro atoms. The molecule has 0 radical (unpaired) electrons. The molecule has 1 saturated heterocycles. The summed E-state index contributed by atoms with van der Waals surface area (Å²) in [6.07, 6.45) is 1.59. The van der Waals surface area contributed by atoms with Crippen LogP contribution in [0.4, 0.5) is 11.4 Å². The van der Waals surface area contributed by atoms with Crippen molar-refractivity contribution in [2.45, 2.75) is 6.92 Å². The quantitative estimate of drug-likeness (QED) is 0.914. The molecule has 1 aliphatic heterocycles. The molecule has 22 heavy (non-hydrogen) atoms. The number of anilines is 2. The van der Waals surface area contributed by atoms with Gasteiger partial charge in [0.25, 0.3) is 5.91 Å². The van der Waals surface area contributed by atoms with Crippen LogP contribution in [-0.4, -0.2) is 37.2 Å². The van der Waals surface area contributed by atoms with Crippen LogP contribution in [0, 0.1) is 6.92 Å². The molecule has 0 unspecified atom stereocenters. The zero-order valence-corrected chi connectivity index (χ0v) is 13.1. The van der Waals surface area contributed by atoms with Gasteiger partial charge in [0.2, 0.25) is 0 Å². The van der Waals surface area contributed by atoms with Crippen LogP contribution in [0.15, 0.2) is 30.5 Å². The number of carbonyl (C=O) groups excluding carboxylic acids is 1. The number of aromatic nitrogens is 1. The van der Waals surface area contributed by atoms with E-state index in [2.05, 4.69) is 21.3 Å². The van der Waals surface area contributed by atoms with Crippen LogP contribution in [0.25, 0.3) is 0 Å². The fraction of sp³-hybridized carbons (Fsp3) is 0.312. The van der Waals surface area contributed by atoms with E-state index in [1.165, 1.54) is 0 Å². The predicted molar refractivity (Wildman–Crippen MR) is 88.0 cm³/mol. The number of aromatic amines is 1. The number of ether oxygens (including phenoxy) is 1. The van der Waals surface area contributed by atoms with E-state index in [0.29, 0.717) is 10.7 Å². The standard InChI is InChI=1S/C16H18ClN3O2/c1-11-8-13(20-4-6-22-7-5-20)2-3-14(11)19-16(21)15-9-12(17)10-18-15/h2-3,8-10,18H,4-7H2,1H3,(H,19,21). The molecule has 2 N–H and O–H groups in total. The molecule has 5 nitrogen and oxygen atoms in total. The fourth-order valence-electron chi connectivity index (χ4n) is 2.50. The number of H-pyrrole nitrogens is 1. The van der Waals surface area contributed by atoms with Gasteiger partial charge in [0.1, 0.15) is 5.69 Å². The predicted octanol–water partition coefficient (Wildman–Crippen LogP) is 3.07. The highest BCUT2D eigenvalue weighted by atomic mass is 35.5. The molecule has 0 aliphatic carbocycles. The summed E-state index contributed by atoms with van der Waals surface area (Å²) in [6, 6.07) is 7.65. The van der Waals surface area contributed by atoms with E-state index in [4.69, 9.17) is 16.3 Å². The van der Waals surface area contributed by atoms with Gasteiger partial charge in [-0.15, -0.1) is 0 Å². The fourth-order valence-corrected chi connectivity index (χ4v) is 2.66. The first-order chi connectivity index (χ1) is 10.6. The first-order valence-corrected chi connectivity index (χ1v) is 7.60. The number of nitrogens with zero attached hydrogens (tertiary/aromatic N) is 1. The minimum atomic E-state index is -0.200. The van der Waals surface area contributed by atoms with E-state index < -0.39 is 0 Å². The Morgan fingerprint density at radius 2 is 2.09 bits per heavy atom. The highest BCUT2D eigenvalue weighted by molar-refractivity contribution is 6.31. The molecule has 116 valence electrons. The first kappa shape index (κ1) is 14.9. The number of benzene rings is 1.